The standard InChI is InChI=1S/C24H33NO2/c1-15-12-18-19(23(4,5)9-8-22(18,2)3)13-17(15)24(10-11-24)20-7-6-16(14-25-20)21(26)27/h6-7,12-13,15-17H,8-11,14H2,1-5H3,(H,26,27). The molecule has 2 saturated carbocycles. The summed E-state index contributed by atoms with van der Waals surface area (Å²) >= 11 is 0. The Labute approximate surface area is 163 Å². The van der Waals surface area contributed by atoms with E-state index in [0.717, 1.165) is 5.71 Å². The highest BCUT2D eigenvalue weighted by Gasteiger charge is 2.55. The summed E-state index contributed by atoms with van der Waals surface area (Å²) in [6.45, 7) is 12.3. The van der Waals surface area contributed by atoms with Gasteiger partial charge in [-0.25, -0.2) is 0 Å². The van der Waals surface area contributed by atoms with Crippen molar-refractivity contribution < 1.29 is 9.90 Å². The average molecular weight is 368 g/mol. The van der Waals surface area contributed by atoms with Crippen LogP contribution in [0.4, 0.5) is 0 Å². The number of aliphatic carboxylic acids is 1. The van der Waals surface area contributed by atoms with E-state index in [2.05, 4.69) is 46.8 Å². The second-order valence-electron chi connectivity index (χ2n) is 10.5. The van der Waals surface area contributed by atoms with Gasteiger partial charge in [0.25, 0.3) is 0 Å². The second kappa shape index (κ2) is 5.93. The molecule has 3 nitrogen and oxygen atoms in total. The number of fused-ring (bicyclic) bond motifs is 1. The third-order valence-corrected chi connectivity index (χ3v) is 7.66. The molecule has 0 amide bonds. The van der Waals surface area contributed by atoms with Gasteiger partial charge in [0.2, 0.25) is 0 Å². The fourth-order valence-electron chi connectivity index (χ4n) is 5.51. The number of aliphatic imine (C=N–C) groups is 1. The van der Waals surface area contributed by atoms with Crippen LogP contribution in [-0.2, 0) is 4.79 Å². The maximum atomic E-state index is 11.2. The third kappa shape index (κ3) is 2.94. The maximum absolute atomic E-state index is 11.2. The molecular formula is C24H33NO2. The molecule has 146 valence electrons. The fourth-order valence-corrected chi connectivity index (χ4v) is 5.51. The predicted molar refractivity (Wildman–Crippen MR) is 110 cm³/mol. The van der Waals surface area contributed by atoms with Crippen LogP contribution in [0.3, 0.4) is 0 Å². The van der Waals surface area contributed by atoms with Crippen LogP contribution in [0, 0.1) is 34.0 Å². The van der Waals surface area contributed by atoms with Crippen molar-refractivity contribution in [2.75, 3.05) is 6.54 Å². The lowest BCUT2D eigenvalue weighted by atomic mass is 9.56. The molecule has 3 aliphatic carbocycles. The minimum Gasteiger partial charge on any atom is -0.481 e. The second-order valence-corrected chi connectivity index (χ2v) is 10.5. The lowest BCUT2D eigenvalue weighted by Gasteiger charge is -2.48. The van der Waals surface area contributed by atoms with Crippen molar-refractivity contribution in [2.24, 2.45) is 39.0 Å². The number of rotatable bonds is 3. The van der Waals surface area contributed by atoms with Gasteiger partial charge in [-0.05, 0) is 65.6 Å². The zero-order valence-corrected chi connectivity index (χ0v) is 17.4. The minimum atomic E-state index is -0.772. The van der Waals surface area contributed by atoms with Gasteiger partial charge >= 0.3 is 5.97 Å². The highest BCUT2D eigenvalue weighted by atomic mass is 16.4. The van der Waals surface area contributed by atoms with E-state index in [1.807, 2.05) is 12.2 Å². The number of allylic oxidation sites excluding steroid dienone is 5. The van der Waals surface area contributed by atoms with Gasteiger partial charge in [0.1, 0.15) is 0 Å². The predicted octanol–water partition coefficient (Wildman–Crippen LogP) is 5.44. The summed E-state index contributed by atoms with van der Waals surface area (Å²) < 4.78 is 0. The molecule has 3 heteroatoms. The molecule has 0 aromatic carbocycles. The van der Waals surface area contributed by atoms with Crippen molar-refractivity contribution in [1.29, 1.82) is 0 Å². The van der Waals surface area contributed by atoms with Crippen LogP contribution >= 0.6 is 0 Å². The summed E-state index contributed by atoms with van der Waals surface area (Å²) in [6.07, 6.45) is 13.8. The number of hydrogen-bond acceptors (Lipinski definition) is 2. The lowest BCUT2D eigenvalue weighted by Crippen LogP contribution is -2.38. The first kappa shape index (κ1) is 18.7. The normalized spacial score (nSPS) is 35.4. The van der Waals surface area contributed by atoms with Crippen LogP contribution in [0.15, 0.2) is 40.4 Å². The Morgan fingerprint density at radius 2 is 1.63 bits per heavy atom. The Balaban J connectivity index is 1.68. The van der Waals surface area contributed by atoms with E-state index >= 15 is 0 Å². The average Bonchev–Trinajstić information content (AvgIpc) is 3.40. The Morgan fingerprint density at radius 3 is 2.11 bits per heavy atom. The molecule has 3 atom stereocenters. The van der Waals surface area contributed by atoms with Gasteiger partial charge in [-0.3, -0.25) is 9.79 Å². The molecule has 0 spiro atoms. The van der Waals surface area contributed by atoms with Crippen molar-refractivity contribution in [3.63, 3.8) is 0 Å². The van der Waals surface area contributed by atoms with Gasteiger partial charge in [-0.15, -0.1) is 0 Å². The fraction of sp³-hybridized carbons (Fsp3) is 0.667. The SMILES string of the molecule is CC1C=C2C(=CC1C1(C3=NCC(C(=O)O)C=C3)CC1)C(C)(C)CCC2(C)C. The zero-order chi connectivity index (χ0) is 19.6. The molecule has 0 radical (unpaired) electrons. The topological polar surface area (TPSA) is 49.7 Å². The summed E-state index contributed by atoms with van der Waals surface area (Å²) in [5.41, 5.74) is 4.86. The molecule has 0 aromatic heterocycles. The Hall–Kier alpha value is -1.64. The first-order valence-electron chi connectivity index (χ1n) is 10.5. The molecule has 4 rings (SSSR count). The van der Waals surface area contributed by atoms with E-state index in [9.17, 15) is 9.90 Å². The van der Waals surface area contributed by atoms with Crippen molar-refractivity contribution in [3.05, 3.63) is 35.5 Å². The first-order valence-corrected chi connectivity index (χ1v) is 10.5. The van der Waals surface area contributed by atoms with Crippen LogP contribution in [0.25, 0.3) is 0 Å². The van der Waals surface area contributed by atoms with E-state index in [1.165, 1.54) is 25.7 Å². The Kier molecular flexibility index (Phi) is 4.11. The van der Waals surface area contributed by atoms with Crippen LogP contribution in [0.2, 0.25) is 0 Å². The third-order valence-electron chi connectivity index (χ3n) is 7.66. The smallest absolute Gasteiger partial charge is 0.312 e. The molecule has 2 fully saturated rings. The molecule has 1 N–H and O–H groups in total. The molecule has 1 aliphatic heterocycles. The molecule has 1 heterocycles. The molecule has 0 aromatic rings. The van der Waals surface area contributed by atoms with Crippen molar-refractivity contribution in [2.45, 2.75) is 60.3 Å². The van der Waals surface area contributed by atoms with Crippen LogP contribution < -0.4 is 0 Å². The number of hydrogen-bond donors (Lipinski definition) is 1. The molecule has 0 saturated heterocycles. The van der Waals surface area contributed by atoms with Crippen LogP contribution in [-0.4, -0.2) is 23.3 Å². The summed E-state index contributed by atoms with van der Waals surface area (Å²) in [7, 11) is 0. The summed E-state index contributed by atoms with van der Waals surface area (Å²) in [5, 5.41) is 9.23. The highest BCUT2D eigenvalue weighted by Crippen LogP contribution is 2.62. The van der Waals surface area contributed by atoms with E-state index in [-0.39, 0.29) is 16.2 Å². The summed E-state index contributed by atoms with van der Waals surface area (Å²) in [6, 6.07) is 0. The summed E-state index contributed by atoms with van der Waals surface area (Å²) in [4.78, 5) is 16.0. The van der Waals surface area contributed by atoms with E-state index in [1.54, 1.807) is 11.1 Å². The number of dihydropyridines is 1. The van der Waals surface area contributed by atoms with Crippen LogP contribution in [0.5, 0.6) is 0 Å². The number of nitrogens with zero attached hydrogens (tertiary/aromatic N) is 1. The van der Waals surface area contributed by atoms with Crippen molar-refractivity contribution >= 4 is 11.7 Å². The van der Waals surface area contributed by atoms with Crippen LogP contribution in [0.1, 0.15) is 60.3 Å². The van der Waals surface area contributed by atoms with Gasteiger partial charge < -0.3 is 5.11 Å². The monoisotopic (exact) mass is 367 g/mol. The van der Waals surface area contributed by atoms with Gasteiger partial charge in [0.15, 0.2) is 0 Å². The van der Waals surface area contributed by atoms with Gasteiger partial charge in [0.05, 0.1) is 12.5 Å². The maximum Gasteiger partial charge on any atom is 0.312 e. The van der Waals surface area contributed by atoms with Crippen molar-refractivity contribution in [1.82, 2.24) is 0 Å². The van der Waals surface area contributed by atoms with Gasteiger partial charge in [-0.2, -0.15) is 0 Å². The number of carboxylic acids is 1. The van der Waals surface area contributed by atoms with E-state index in [4.69, 9.17) is 4.99 Å². The minimum absolute atomic E-state index is 0.117. The number of carbonyl (C=O) groups is 1. The molecule has 4 aliphatic rings. The summed E-state index contributed by atoms with van der Waals surface area (Å²) in [5.74, 6) is -0.274. The first-order chi connectivity index (χ1) is 12.6. The molecule has 3 unspecified atom stereocenters. The van der Waals surface area contributed by atoms with Gasteiger partial charge in [0, 0.05) is 11.1 Å². The molecule has 0 bridgehead atoms. The number of carboxylic acid groups (broad SMARTS) is 1. The van der Waals surface area contributed by atoms with Crippen molar-refractivity contribution in [3.8, 4) is 0 Å². The molecular weight excluding hydrogens is 334 g/mol. The lowest BCUT2D eigenvalue weighted by molar-refractivity contribution is -0.139. The van der Waals surface area contributed by atoms with Gasteiger partial charge in [-0.1, -0.05) is 52.8 Å². The van der Waals surface area contributed by atoms with E-state index in [0.29, 0.717) is 18.4 Å². The highest BCUT2D eigenvalue weighted by molar-refractivity contribution is 6.03. The largest absolute Gasteiger partial charge is 0.481 e. The zero-order valence-electron chi connectivity index (χ0n) is 17.4. The van der Waals surface area contributed by atoms with E-state index < -0.39 is 11.9 Å². The Morgan fingerprint density at radius 1 is 1.04 bits per heavy atom. The quantitative estimate of drug-likeness (QED) is 0.722. The molecule has 27 heavy (non-hydrogen) atoms. The Bertz CT molecular complexity index is 789.